The number of furan rings is 1. The van der Waals surface area contributed by atoms with Crippen LogP contribution in [0, 0.1) is 11.6 Å². The fourth-order valence-corrected chi connectivity index (χ4v) is 1.70. The standard InChI is InChI=1S/C15H16F2N2O3/c16-11-4-5-14(13(17)9-11)19-15(20)18-6-2-7-21-10-12-3-1-8-22-12/h1,3-5,8-9H,2,6-7,10H2,(H2,18,19,20). The molecule has 22 heavy (non-hydrogen) atoms. The number of nitrogens with one attached hydrogen (secondary N) is 2. The first-order valence-corrected chi connectivity index (χ1v) is 6.75. The predicted molar refractivity (Wildman–Crippen MR) is 76.4 cm³/mol. The van der Waals surface area contributed by atoms with Crippen molar-refractivity contribution in [3.05, 3.63) is 54.0 Å². The lowest BCUT2D eigenvalue weighted by atomic mass is 10.3. The molecule has 0 bridgehead atoms. The van der Waals surface area contributed by atoms with Crippen LogP contribution in [0.5, 0.6) is 0 Å². The molecule has 0 unspecified atom stereocenters. The summed E-state index contributed by atoms with van der Waals surface area (Å²) in [6.07, 6.45) is 2.17. The van der Waals surface area contributed by atoms with Gasteiger partial charge in [-0.05, 0) is 30.7 Å². The van der Waals surface area contributed by atoms with Crippen molar-refractivity contribution in [2.24, 2.45) is 0 Å². The monoisotopic (exact) mass is 310 g/mol. The molecule has 0 saturated carbocycles. The molecule has 1 aromatic heterocycles. The summed E-state index contributed by atoms with van der Waals surface area (Å²) < 4.78 is 36.5. The maximum Gasteiger partial charge on any atom is 0.319 e. The SMILES string of the molecule is O=C(NCCCOCc1ccco1)Nc1ccc(F)cc1F. The van der Waals surface area contributed by atoms with E-state index in [1.54, 1.807) is 12.3 Å². The van der Waals surface area contributed by atoms with E-state index in [0.29, 0.717) is 32.2 Å². The highest BCUT2D eigenvalue weighted by Crippen LogP contribution is 2.14. The molecule has 0 saturated heterocycles. The molecule has 0 radical (unpaired) electrons. The number of carbonyl (C=O) groups excluding carboxylic acids is 1. The molecule has 118 valence electrons. The van der Waals surface area contributed by atoms with E-state index in [1.165, 1.54) is 0 Å². The molecule has 0 spiro atoms. The van der Waals surface area contributed by atoms with Gasteiger partial charge in [-0.25, -0.2) is 13.6 Å². The lowest BCUT2D eigenvalue weighted by molar-refractivity contribution is 0.104. The van der Waals surface area contributed by atoms with Crippen LogP contribution in [0.1, 0.15) is 12.2 Å². The number of hydrogen-bond donors (Lipinski definition) is 2. The number of amides is 2. The molecular formula is C15H16F2N2O3. The number of hydrogen-bond acceptors (Lipinski definition) is 3. The van der Waals surface area contributed by atoms with Crippen LogP contribution in [0.2, 0.25) is 0 Å². The average molecular weight is 310 g/mol. The van der Waals surface area contributed by atoms with Gasteiger partial charge in [-0.1, -0.05) is 0 Å². The molecule has 0 aliphatic carbocycles. The van der Waals surface area contributed by atoms with Crippen LogP contribution in [-0.4, -0.2) is 19.2 Å². The Kier molecular flexibility index (Phi) is 5.91. The molecule has 1 heterocycles. The van der Waals surface area contributed by atoms with Crippen molar-refractivity contribution in [2.75, 3.05) is 18.5 Å². The maximum atomic E-state index is 13.3. The topological polar surface area (TPSA) is 63.5 Å². The van der Waals surface area contributed by atoms with E-state index in [0.717, 1.165) is 17.9 Å². The Hall–Kier alpha value is -2.41. The van der Waals surface area contributed by atoms with E-state index in [9.17, 15) is 13.6 Å². The van der Waals surface area contributed by atoms with Crippen LogP contribution < -0.4 is 10.6 Å². The van der Waals surface area contributed by atoms with Crippen molar-refractivity contribution in [1.82, 2.24) is 5.32 Å². The second kappa shape index (κ2) is 8.14. The van der Waals surface area contributed by atoms with E-state index in [4.69, 9.17) is 9.15 Å². The predicted octanol–water partition coefficient (Wildman–Crippen LogP) is 3.29. The number of rotatable bonds is 7. The van der Waals surface area contributed by atoms with Gasteiger partial charge in [0.15, 0.2) is 0 Å². The third-order valence-corrected chi connectivity index (χ3v) is 2.75. The first-order chi connectivity index (χ1) is 10.6. The van der Waals surface area contributed by atoms with Crippen LogP contribution in [0.4, 0.5) is 19.3 Å². The smallest absolute Gasteiger partial charge is 0.319 e. The largest absolute Gasteiger partial charge is 0.467 e. The van der Waals surface area contributed by atoms with Crippen molar-refractivity contribution >= 4 is 11.7 Å². The minimum absolute atomic E-state index is 0.0760. The Morgan fingerprint density at radius 3 is 2.86 bits per heavy atom. The number of benzene rings is 1. The van der Waals surface area contributed by atoms with Crippen LogP contribution in [0.15, 0.2) is 41.0 Å². The third-order valence-electron chi connectivity index (χ3n) is 2.75. The summed E-state index contributed by atoms with van der Waals surface area (Å²) in [5.41, 5.74) is -0.0760. The zero-order valence-electron chi connectivity index (χ0n) is 11.8. The zero-order chi connectivity index (χ0) is 15.8. The molecule has 5 nitrogen and oxygen atoms in total. The normalized spacial score (nSPS) is 10.5. The van der Waals surface area contributed by atoms with Crippen LogP contribution >= 0.6 is 0 Å². The minimum Gasteiger partial charge on any atom is -0.467 e. The van der Waals surface area contributed by atoms with Crippen molar-refractivity contribution in [1.29, 1.82) is 0 Å². The van der Waals surface area contributed by atoms with Crippen molar-refractivity contribution in [3.8, 4) is 0 Å². The van der Waals surface area contributed by atoms with Gasteiger partial charge in [-0.2, -0.15) is 0 Å². The molecular weight excluding hydrogens is 294 g/mol. The van der Waals surface area contributed by atoms with E-state index in [2.05, 4.69) is 10.6 Å². The lowest BCUT2D eigenvalue weighted by Gasteiger charge is -2.08. The number of urea groups is 1. The Labute approximate surface area is 126 Å². The molecule has 2 N–H and O–H groups in total. The molecule has 0 fully saturated rings. The van der Waals surface area contributed by atoms with E-state index < -0.39 is 17.7 Å². The fraction of sp³-hybridized carbons (Fsp3) is 0.267. The molecule has 0 atom stereocenters. The molecule has 1 aromatic carbocycles. The molecule has 2 rings (SSSR count). The Morgan fingerprint density at radius 2 is 2.14 bits per heavy atom. The van der Waals surface area contributed by atoms with Gasteiger partial charge in [0.05, 0.1) is 12.0 Å². The highest BCUT2D eigenvalue weighted by molar-refractivity contribution is 5.89. The minimum atomic E-state index is -0.822. The Morgan fingerprint density at radius 1 is 1.27 bits per heavy atom. The molecule has 0 aliphatic rings. The zero-order valence-corrected chi connectivity index (χ0v) is 11.8. The number of ether oxygens (including phenoxy) is 1. The highest BCUT2D eigenvalue weighted by Gasteiger charge is 2.07. The first-order valence-electron chi connectivity index (χ1n) is 6.75. The summed E-state index contributed by atoms with van der Waals surface area (Å²) >= 11 is 0. The summed E-state index contributed by atoms with van der Waals surface area (Å²) in [6, 6.07) is 5.97. The Bertz CT molecular complexity index is 603. The number of carbonyl (C=O) groups is 1. The second-order valence-corrected chi connectivity index (χ2v) is 4.49. The lowest BCUT2D eigenvalue weighted by Crippen LogP contribution is -2.30. The summed E-state index contributed by atoms with van der Waals surface area (Å²) in [7, 11) is 0. The number of anilines is 1. The van der Waals surface area contributed by atoms with E-state index in [-0.39, 0.29) is 5.69 Å². The van der Waals surface area contributed by atoms with Gasteiger partial charge in [-0.15, -0.1) is 0 Å². The van der Waals surface area contributed by atoms with Gasteiger partial charge in [0.1, 0.15) is 24.0 Å². The molecule has 0 aliphatic heterocycles. The van der Waals surface area contributed by atoms with Crippen molar-refractivity contribution in [3.63, 3.8) is 0 Å². The van der Waals surface area contributed by atoms with Crippen LogP contribution in [0.25, 0.3) is 0 Å². The van der Waals surface area contributed by atoms with Gasteiger partial charge in [0, 0.05) is 19.2 Å². The fourth-order valence-electron chi connectivity index (χ4n) is 1.70. The van der Waals surface area contributed by atoms with Crippen molar-refractivity contribution < 1.29 is 22.7 Å². The molecule has 2 aromatic rings. The Balaban J connectivity index is 1.59. The van der Waals surface area contributed by atoms with Gasteiger partial charge in [-0.3, -0.25) is 0 Å². The quantitative estimate of drug-likeness (QED) is 0.771. The highest BCUT2D eigenvalue weighted by atomic mass is 19.1. The van der Waals surface area contributed by atoms with Gasteiger partial charge >= 0.3 is 6.03 Å². The summed E-state index contributed by atoms with van der Waals surface area (Å²) in [6.45, 7) is 1.19. The van der Waals surface area contributed by atoms with Crippen LogP contribution in [0.3, 0.4) is 0 Å². The third kappa shape index (κ3) is 5.17. The van der Waals surface area contributed by atoms with E-state index >= 15 is 0 Å². The summed E-state index contributed by atoms with van der Waals surface area (Å²) in [5, 5.41) is 4.86. The van der Waals surface area contributed by atoms with Crippen molar-refractivity contribution in [2.45, 2.75) is 13.0 Å². The maximum absolute atomic E-state index is 13.3. The summed E-state index contributed by atoms with van der Waals surface area (Å²) in [5.74, 6) is -0.786. The van der Waals surface area contributed by atoms with Gasteiger partial charge in [0.2, 0.25) is 0 Å². The molecule has 2 amide bonds. The second-order valence-electron chi connectivity index (χ2n) is 4.49. The summed E-state index contributed by atoms with van der Waals surface area (Å²) in [4.78, 5) is 11.5. The average Bonchev–Trinajstić information content (AvgIpc) is 2.99. The van der Waals surface area contributed by atoms with Crippen LogP contribution in [-0.2, 0) is 11.3 Å². The van der Waals surface area contributed by atoms with Gasteiger partial charge in [0.25, 0.3) is 0 Å². The van der Waals surface area contributed by atoms with E-state index in [1.807, 2.05) is 6.07 Å². The number of halogens is 2. The first kappa shape index (κ1) is 16.0. The molecule has 7 heteroatoms. The van der Waals surface area contributed by atoms with Gasteiger partial charge < -0.3 is 19.8 Å².